The van der Waals surface area contributed by atoms with Gasteiger partial charge in [-0.1, -0.05) is 12.1 Å². The van der Waals surface area contributed by atoms with Crippen LogP contribution in [0.5, 0.6) is 0 Å². The van der Waals surface area contributed by atoms with Crippen molar-refractivity contribution in [2.45, 2.75) is 12.9 Å². The predicted molar refractivity (Wildman–Crippen MR) is 58.1 cm³/mol. The Morgan fingerprint density at radius 3 is 2.65 bits per heavy atom. The van der Waals surface area contributed by atoms with Gasteiger partial charge in [0.15, 0.2) is 0 Å². The summed E-state index contributed by atoms with van der Waals surface area (Å²) in [4.78, 5) is 4.04. The summed E-state index contributed by atoms with van der Waals surface area (Å²) in [5.74, 6) is 0.160. The van der Waals surface area contributed by atoms with Gasteiger partial charge in [-0.3, -0.25) is 0 Å². The maximum atomic E-state index is 12.5. The number of benzene rings is 1. The van der Waals surface area contributed by atoms with Crippen LogP contribution >= 0.6 is 0 Å². The quantitative estimate of drug-likeness (QED) is 0.770. The molecule has 7 heteroatoms. The largest absolute Gasteiger partial charge is 0.497 e. The van der Waals surface area contributed by atoms with Gasteiger partial charge in [0.2, 0.25) is 0 Å². The van der Waals surface area contributed by atoms with Crippen LogP contribution in [0.1, 0.15) is 5.82 Å². The molecule has 1 heterocycles. The van der Waals surface area contributed by atoms with Crippen molar-refractivity contribution in [2.75, 3.05) is 0 Å². The van der Waals surface area contributed by atoms with E-state index in [2.05, 4.69) is 4.98 Å². The van der Waals surface area contributed by atoms with Crippen molar-refractivity contribution in [3.05, 3.63) is 30.1 Å². The molecule has 88 valence electrons. The Bertz CT molecular complexity index is 582. The molecule has 2 rings (SSSR count). The molecule has 0 bridgehead atoms. The maximum absolute atomic E-state index is 12.5. The molecule has 0 unspecified atom stereocenters. The van der Waals surface area contributed by atoms with E-state index in [9.17, 15) is 12.9 Å². The van der Waals surface area contributed by atoms with Crippen molar-refractivity contribution < 1.29 is 12.9 Å². The first-order valence-electron chi connectivity index (χ1n) is 5.03. The summed E-state index contributed by atoms with van der Waals surface area (Å²) in [6.07, 6.45) is -1.18. The van der Waals surface area contributed by atoms with E-state index in [-0.39, 0.29) is 12.2 Å². The van der Waals surface area contributed by atoms with Gasteiger partial charge >= 0.3 is 6.98 Å². The molecule has 0 amide bonds. The second-order valence-corrected chi connectivity index (χ2v) is 3.67. The number of aromatic nitrogens is 2. The third kappa shape index (κ3) is 2.41. The molecular weight excluding hydrogens is 230 g/mol. The van der Waals surface area contributed by atoms with E-state index < -0.39 is 13.4 Å². The number of imidazole rings is 1. The minimum atomic E-state index is -4.96. The molecule has 0 saturated carbocycles. The topological polar surface area (TPSA) is 41.6 Å². The molecule has 0 saturated heterocycles. The minimum Gasteiger partial charge on any atom is -0.448 e. The van der Waals surface area contributed by atoms with Crippen molar-refractivity contribution in [1.82, 2.24) is 9.55 Å². The van der Waals surface area contributed by atoms with Gasteiger partial charge in [0.1, 0.15) is 5.82 Å². The van der Waals surface area contributed by atoms with E-state index in [0.717, 1.165) is 4.57 Å². The lowest BCUT2D eigenvalue weighted by Crippen LogP contribution is -2.25. The van der Waals surface area contributed by atoms with Gasteiger partial charge in [-0.05, 0) is 18.6 Å². The fourth-order valence-corrected chi connectivity index (χ4v) is 1.74. The highest BCUT2D eigenvalue weighted by molar-refractivity contribution is 6.57. The van der Waals surface area contributed by atoms with Crippen molar-refractivity contribution in [1.29, 1.82) is 5.26 Å². The van der Waals surface area contributed by atoms with E-state index in [1.165, 1.54) is 0 Å². The summed E-state index contributed by atoms with van der Waals surface area (Å²) in [5, 5.41) is 8.59. The first kappa shape index (κ1) is 11.5. The molecule has 0 aliphatic carbocycles. The fraction of sp³-hybridized carbons (Fsp3) is 0.200. The lowest BCUT2D eigenvalue weighted by Gasteiger charge is -2.16. The Balaban J connectivity index is 2.56. The number of halogens is 3. The molecule has 0 atom stereocenters. The predicted octanol–water partition coefficient (Wildman–Crippen LogP) is 2.49. The lowest BCUT2D eigenvalue weighted by atomic mass is 9.92. The zero-order chi connectivity index (χ0) is 12.5. The van der Waals surface area contributed by atoms with Crippen LogP contribution in [-0.4, -0.2) is 16.5 Å². The Kier molecular flexibility index (Phi) is 2.80. The standard InChI is InChI=1S/C10H8BF3N3/c12-11(13,14)7-17-9-4-2-1-3-8(9)16-10(17)5-6-15/h1-4H,5,7H2/q-1. The minimum absolute atomic E-state index is 0.124. The average Bonchev–Trinajstić information content (AvgIpc) is 2.56. The van der Waals surface area contributed by atoms with Crippen LogP contribution < -0.4 is 0 Å². The highest BCUT2D eigenvalue weighted by Crippen LogP contribution is 2.20. The van der Waals surface area contributed by atoms with Crippen molar-refractivity contribution in [3.8, 4) is 6.07 Å². The molecule has 3 nitrogen and oxygen atoms in total. The van der Waals surface area contributed by atoms with Crippen LogP contribution in [0.3, 0.4) is 0 Å². The van der Waals surface area contributed by atoms with Gasteiger partial charge in [0, 0.05) is 0 Å². The van der Waals surface area contributed by atoms with E-state index in [0.29, 0.717) is 11.0 Å². The van der Waals surface area contributed by atoms with Gasteiger partial charge in [0.25, 0.3) is 0 Å². The molecule has 1 aromatic carbocycles. The SMILES string of the molecule is N#CCc1nc2ccccc2n1C[B-](F)(F)F. The van der Waals surface area contributed by atoms with Crippen LogP contribution in [0, 0.1) is 11.3 Å². The zero-order valence-corrected chi connectivity index (χ0v) is 8.78. The molecule has 0 aliphatic heterocycles. The average molecular weight is 238 g/mol. The van der Waals surface area contributed by atoms with Gasteiger partial charge in [-0.25, -0.2) is 4.98 Å². The van der Waals surface area contributed by atoms with Crippen LogP contribution in [-0.2, 0) is 12.9 Å². The Labute approximate surface area is 95.5 Å². The third-order valence-electron chi connectivity index (χ3n) is 2.36. The molecule has 2 aromatic rings. The lowest BCUT2D eigenvalue weighted by molar-refractivity contribution is 0.445. The van der Waals surface area contributed by atoms with Crippen LogP contribution in [0.4, 0.5) is 12.9 Å². The summed E-state index contributed by atoms with van der Waals surface area (Å²) in [5.41, 5.74) is 0.898. The van der Waals surface area contributed by atoms with Crippen molar-refractivity contribution in [3.63, 3.8) is 0 Å². The number of rotatable bonds is 3. The molecule has 0 fully saturated rings. The second kappa shape index (κ2) is 4.13. The summed E-state index contributed by atoms with van der Waals surface area (Å²) >= 11 is 0. The van der Waals surface area contributed by atoms with Gasteiger partial charge in [-0.15, -0.1) is 0 Å². The summed E-state index contributed by atoms with van der Waals surface area (Å²) in [7, 11) is 0. The van der Waals surface area contributed by atoms with Crippen molar-refractivity contribution in [2.24, 2.45) is 0 Å². The van der Waals surface area contributed by atoms with E-state index >= 15 is 0 Å². The smallest absolute Gasteiger partial charge is 0.448 e. The first-order chi connectivity index (χ1) is 8.01. The Morgan fingerprint density at radius 1 is 1.29 bits per heavy atom. The molecule has 0 N–H and O–H groups in total. The van der Waals surface area contributed by atoms with Gasteiger partial charge in [0.05, 0.1) is 23.5 Å². The zero-order valence-electron chi connectivity index (χ0n) is 8.78. The van der Waals surface area contributed by atoms with Crippen LogP contribution in [0.15, 0.2) is 24.3 Å². The molecule has 0 aliphatic rings. The van der Waals surface area contributed by atoms with Crippen LogP contribution in [0.2, 0.25) is 0 Å². The number of nitrogens with zero attached hydrogens (tertiary/aromatic N) is 3. The molecule has 1 aromatic heterocycles. The highest BCUT2D eigenvalue weighted by atomic mass is 19.4. The maximum Gasteiger partial charge on any atom is 0.497 e. The molecular formula is C10H8BF3N3-. The van der Waals surface area contributed by atoms with E-state index in [4.69, 9.17) is 5.26 Å². The van der Waals surface area contributed by atoms with Crippen LogP contribution in [0.25, 0.3) is 11.0 Å². The number of hydrogen-bond acceptors (Lipinski definition) is 2. The summed E-state index contributed by atoms with van der Waals surface area (Å²) < 4.78 is 38.6. The monoisotopic (exact) mass is 238 g/mol. The highest BCUT2D eigenvalue weighted by Gasteiger charge is 2.26. The first-order valence-corrected chi connectivity index (χ1v) is 5.03. The second-order valence-electron chi connectivity index (χ2n) is 3.67. The number of nitriles is 1. The van der Waals surface area contributed by atoms with Crippen molar-refractivity contribution >= 4 is 18.0 Å². The Hall–Kier alpha value is -1.97. The Morgan fingerprint density at radius 2 is 2.00 bits per heavy atom. The fourth-order valence-electron chi connectivity index (χ4n) is 1.74. The summed E-state index contributed by atoms with van der Waals surface area (Å²) in [6.45, 7) is -4.96. The number of para-hydroxylation sites is 2. The number of hydrogen-bond donors (Lipinski definition) is 0. The van der Waals surface area contributed by atoms with Gasteiger partial charge < -0.3 is 17.5 Å². The van der Waals surface area contributed by atoms with Gasteiger partial charge in [-0.2, -0.15) is 5.26 Å². The molecule has 17 heavy (non-hydrogen) atoms. The number of fused-ring (bicyclic) bond motifs is 1. The normalized spacial score (nSPS) is 11.6. The molecule has 0 spiro atoms. The van der Waals surface area contributed by atoms with E-state index in [1.54, 1.807) is 24.3 Å². The summed E-state index contributed by atoms with van der Waals surface area (Å²) in [6, 6.07) is 8.39. The third-order valence-corrected chi connectivity index (χ3v) is 2.36. The van der Waals surface area contributed by atoms with E-state index in [1.807, 2.05) is 6.07 Å². The molecule has 0 radical (unpaired) electrons.